The number of pyridine rings is 1. The van der Waals surface area contributed by atoms with Crippen molar-refractivity contribution in [1.82, 2.24) is 10.3 Å². The number of carboxylic acids is 1. The Balaban J connectivity index is 2.52. The number of nitrogens with one attached hydrogen (secondary N) is 1. The highest BCUT2D eigenvalue weighted by Crippen LogP contribution is 1.98. The van der Waals surface area contributed by atoms with Crippen molar-refractivity contribution >= 4 is 18.0 Å². The number of amides is 1. The van der Waals surface area contributed by atoms with Gasteiger partial charge in [0, 0.05) is 18.5 Å². The van der Waals surface area contributed by atoms with E-state index in [9.17, 15) is 9.59 Å². The van der Waals surface area contributed by atoms with Crippen LogP contribution in [0.1, 0.15) is 12.5 Å². The molecule has 0 saturated heterocycles. The number of aromatic nitrogens is 1. The van der Waals surface area contributed by atoms with Gasteiger partial charge in [0.2, 0.25) is 5.91 Å². The standard InChI is InChI=1S/C11H12N2O3/c1-8(11(15)16)13-10(14)5-4-9-3-2-6-12-7-9/h2-8H,1H3,(H,13,14)(H,15,16)/t8-/m1/s1. The highest BCUT2D eigenvalue weighted by molar-refractivity contribution is 5.94. The summed E-state index contributed by atoms with van der Waals surface area (Å²) < 4.78 is 0. The van der Waals surface area contributed by atoms with Crippen LogP contribution in [0.5, 0.6) is 0 Å². The molecule has 1 amide bonds. The van der Waals surface area contributed by atoms with Crippen molar-refractivity contribution in [2.45, 2.75) is 13.0 Å². The first-order valence-corrected chi connectivity index (χ1v) is 4.71. The normalized spacial score (nSPS) is 12.3. The van der Waals surface area contributed by atoms with Gasteiger partial charge in [-0.3, -0.25) is 14.6 Å². The molecular weight excluding hydrogens is 208 g/mol. The highest BCUT2D eigenvalue weighted by atomic mass is 16.4. The van der Waals surface area contributed by atoms with Crippen molar-refractivity contribution < 1.29 is 14.7 Å². The number of aliphatic carboxylic acids is 1. The molecule has 1 rings (SSSR count). The molecule has 0 saturated carbocycles. The lowest BCUT2D eigenvalue weighted by Gasteiger charge is -2.05. The number of hydrogen-bond donors (Lipinski definition) is 2. The summed E-state index contributed by atoms with van der Waals surface area (Å²) in [6.07, 6.45) is 6.07. The number of rotatable bonds is 4. The maximum Gasteiger partial charge on any atom is 0.325 e. The Morgan fingerprint density at radius 3 is 2.88 bits per heavy atom. The van der Waals surface area contributed by atoms with E-state index in [2.05, 4.69) is 10.3 Å². The van der Waals surface area contributed by atoms with Crippen LogP contribution in [0.25, 0.3) is 6.08 Å². The summed E-state index contributed by atoms with van der Waals surface area (Å²) in [4.78, 5) is 25.6. The molecule has 0 aliphatic heterocycles. The van der Waals surface area contributed by atoms with Crippen LogP contribution >= 0.6 is 0 Å². The van der Waals surface area contributed by atoms with Crippen LogP contribution in [0.2, 0.25) is 0 Å². The van der Waals surface area contributed by atoms with Gasteiger partial charge in [0.1, 0.15) is 6.04 Å². The summed E-state index contributed by atoms with van der Waals surface area (Å²) >= 11 is 0. The molecule has 16 heavy (non-hydrogen) atoms. The Morgan fingerprint density at radius 1 is 1.56 bits per heavy atom. The van der Waals surface area contributed by atoms with Crippen LogP contribution in [-0.2, 0) is 9.59 Å². The zero-order valence-corrected chi connectivity index (χ0v) is 8.75. The SMILES string of the molecule is C[C@@H](NC(=O)C=Cc1cccnc1)C(=O)O. The van der Waals surface area contributed by atoms with Crippen LogP contribution in [0.15, 0.2) is 30.6 Å². The molecule has 0 bridgehead atoms. The lowest BCUT2D eigenvalue weighted by molar-refractivity contribution is -0.140. The van der Waals surface area contributed by atoms with Gasteiger partial charge in [0.05, 0.1) is 0 Å². The average Bonchev–Trinajstić information content (AvgIpc) is 2.27. The molecule has 1 atom stereocenters. The number of carboxylic acid groups (broad SMARTS) is 1. The second-order valence-corrected chi connectivity index (χ2v) is 3.19. The van der Waals surface area contributed by atoms with Gasteiger partial charge in [-0.15, -0.1) is 0 Å². The fraction of sp³-hybridized carbons (Fsp3) is 0.182. The summed E-state index contributed by atoms with van der Waals surface area (Å²) in [6.45, 7) is 1.40. The first-order chi connectivity index (χ1) is 7.59. The minimum atomic E-state index is -1.07. The quantitative estimate of drug-likeness (QED) is 0.731. The lowest BCUT2D eigenvalue weighted by Crippen LogP contribution is -2.37. The van der Waals surface area contributed by atoms with Gasteiger partial charge in [-0.05, 0) is 24.6 Å². The van der Waals surface area contributed by atoms with E-state index in [1.807, 2.05) is 0 Å². The Morgan fingerprint density at radius 2 is 2.31 bits per heavy atom. The Kier molecular flexibility index (Phi) is 4.20. The molecule has 5 nitrogen and oxygen atoms in total. The summed E-state index contributed by atoms with van der Waals surface area (Å²) in [5.74, 6) is -1.51. The Labute approximate surface area is 92.8 Å². The third-order valence-corrected chi connectivity index (χ3v) is 1.84. The number of nitrogens with zero attached hydrogens (tertiary/aromatic N) is 1. The van der Waals surface area contributed by atoms with Crippen LogP contribution in [0.4, 0.5) is 0 Å². The van der Waals surface area contributed by atoms with Gasteiger partial charge in [0.15, 0.2) is 0 Å². The van der Waals surface area contributed by atoms with Crippen LogP contribution in [0.3, 0.4) is 0 Å². The minimum Gasteiger partial charge on any atom is -0.480 e. The molecule has 84 valence electrons. The second kappa shape index (κ2) is 5.65. The van der Waals surface area contributed by atoms with E-state index in [0.717, 1.165) is 5.56 Å². The van der Waals surface area contributed by atoms with Gasteiger partial charge in [0.25, 0.3) is 0 Å². The zero-order chi connectivity index (χ0) is 12.0. The van der Waals surface area contributed by atoms with E-state index < -0.39 is 17.9 Å². The van der Waals surface area contributed by atoms with Crippen molar-refractivity contribution in [1.29, 1.82) is 0 Å². The first-order valence-electron chi connectivity index (χ1n) is 4.71. The van der Waals surface area contributed by atoms with E-state index in [0.29, 0.717) is 0 Å². The smallest absolute Gasteiger partial charge is 0.325 e. The summed E-state index contributed by atoms with van der Waals surface area (Å²) in [7, 11) is 0. The van der Waals surface area contributed by atoms with Crippen LogP contribution < -0.4 is 5.32 Å². The molecule has 0 spiro atoms. The fourth-order valence-corrected chi connectivity index (χ4v) is 0.970. The average molecular weight is 220 g/mol. The molecule has 0 fully saturated rings. The molecule has 1 aromatic rings. The van der Waals surface area contributed by atoms with E-state index >= 15 is 0 Å². The van der Waals surface area contributed by atoms with Gasteiger partial charge >= 0.3 is 5.97 Å². The number of carbonyl (C=O) groups is 2. The van der Waals surface area contributed by atoms with E-state index in [1.54, 1.807) is 30.6 Å². The van der Waals surface area contributed by atoms with Crippen molar-refractivity contribution in [2.24, 2.45) is 0 Å². The molecule has 0 aliphatic rings. The maximum atomic E-state index is 11.2. The van der Waals surface area contributed by atoms with Gasteiger partial charge in [-0.2, -0.15) is 0 Å². The predicted octanol–water partition coefficient (Wildman–Crippen LogP) is 0.684. The van der Waals surface area contributed by atoms with Crippen molar-refractivity contribution in [3.8, 4) is 0 Å². The van der Waals surface area contributed by atoms with Crippen LogP contribution in [-0.4, -0.2) is 28.0 Å². The summed E-state index contributed by atoms with van der Waals surface area (Å²) in [5.41, 5.74) is 0.778. The molecule has 0 radical (unpaired) electrons. The number of carbonyl (C=O) groups excluding carboxylic acids is 1. The Hall–Kier alpha value is -2.17. The fourth-order valence-electron chi connectivity index (χ4n) is 0.970. The molecule has 0 aromatic carbocycles. The summed E-state index contributed by atoms with van der Waals surface area (Å²) in [5, 5.41) is 10.9. The lowest BCUT2D eigenvalue weighted by atomic mass is 10.2. The molecule has 0 aliphatic carbocycles. The van der Waals surface area contributed by atoms with Gasteiger partial charge in [-0.1, -0.05) is 6.07 Å². The Bertz CT molecular complexity index is 401. The van der Waals surface area contributed by atoms with Crippen molar-refractivity contribution in [3.63, 3.8) is 0 Å². The molecular formula is C11H12N2O3. The second-order valence-electron chi connectivity index (χ2n) is 3.19. The zero-order valence-electron chi connectivity index (χ0n) is 8.75. The first kappa shape index (κ1) is 11.9. The van der Waals surface area contributed by atoms with Gasteiger partial charge in [-0.25, -0.2) is 0 Å². The molecule has 5 heteroatoms. The van der Waals surface area contributed by atoms with Crippen molar-refractivity contribution in [2.75, 3.05) is 0 Å². The third-order valence-electron chi connectivity index (χ3n) is 1.84. The molecule has 1 aromatic heterocycles. The van der Waals surface area contributed by atoms with E-state index in [-0.39, 0.29) is 0 Å². The molecule has 0 unspecified atom stereocenters. The van der Waals surface area contributed by atoms with Gasteiger partial charge < -0.3 is 10.4 Å². The van der Waals surface area contributed by atoms with Crippen LogP contribution in [0, 0.1) is 0 Å². The predicted molar refractivity (Wildman–Crippen MR) is 58.5 cm³/mol. The minimum absolute atomic E-state index is 0.446. The third kappa shape index (κ3) is 3.91. The largest absolute Gasteiger partial charge is 0.480 e. The maximum absolute atomic E-state index is 11.2. The van der Waals surface area contributed by atoms with Crippen molar-refractivity contribution in [3.05, 3.63) is 36.2 Å². The molecule has 1 heterocycles. The topological polar surface area (TPSA) is 79.3 Å². The van der Waals surface area contributed by atoms with E-state index in [1.165, 1.54) is 13.0 Å². The summed E-state index contributed by atoms with van der Waals surface area (Å²) in [6, 6.07) is 2.64. The highest BCUT2D eigenvalue weighted by Gasteiger charge is 2.11. The number of hydrogen-bond acceptors (Lipinski definition) is 3. The molecule has 2 N–H and O–H groups in total. The monoisotopic (exact) mass is 220 g/mol. The van der Waals surface area contributed by atoms with E-state index in [4.69, 9.17) is 5.11 Å².